The third-order valence-corrected chi connectivity index (χ3v) is 2.96. The second-order valence-corrected chi connectivity index (χ2v) is 5.71. The number of hydrogen-bond donors (Lipinski definition) is 1. The molecule has 1 heterocycles. The Hall–Kier alpha value is -1.73. The minimum Gasteiger partial charge on any atom is -0.341 e. The maximum atomic E-state index is 13.1. The number of H-pyrrole nitrogens is 1. The number of halogens is 6. The molecule has 0 aliphatic carbocycles. The summed E-state index contributed by atoms with van der Waals surface area (Å²) in [4.78, 5) is 6.35. The van der Waals surface area contributed by atoms with Crippen LogP contribution in [0, 0.1) is 0 Å². The molecule has 2 aromatic rings. The van der Waals surface area contributed by atoms with Gasteiger partial charge in [-0.2, -0.15) is 26.3 Å². The second-order valence-electron chi connectivity index (χ2n) is 5.71. The van der Waals surface area contributed by atoms with Gasteiger partial charge in [-0.25, -0.2) is 4.98 Å². The summed E-state index contributed by atoms with van der Waals surface area (Å²) in [5.41, 5.74) is -4.83. The van der Waals surface area contributed by atoms with E-state index in [1.807, 2.05) is 0 Å². The summed E-state index contributed by atoms with van der Waals surface area (Å²) in [5.74, 6) is 0.197. The molecule has 116 valence electrons. The number of hydrogen-bond acceptors (Lipinski definition) is 1. The predicted octanol–water partition coefficient (Wildman–Crippen LogP) is 4.90. The lowest BCUT2D eigenvalue weighted by Gasteiger charge is -2.16. The molecule has 2 nitrogen and oxygen atoms in total. The second kappa shape index (κ2) is 4.38. The van der Waals surface area contributed by atoms with Crippen molar-refractivity contribution in [1.82, 2.24) is 9.97 Å². The van der Waals surface area contributed by atoms with Gasteiger partial charge in [0, 0.05) is 5.41 Å². The van der Waals surface area contributed by atoms with Crippen molar-refractivity contribution in [1.29, 1.82) is 0 Å². The molecule has 0 radical (unpaired) electrons. The smallest absolute Gasteiger partial charge is 0.341 e. The molecule has 0 atom stereocenters. The standard InChI is InChI=1S/C13H12F6N2/c1-11(2,3)10-20-7-5-4-6(12(14,15)16)8(9(7)21-10)13(17,18)19/h4-5H,1-3H3,(H,20,21). The van der Waals surface area contributed by atoms with Crippen molar-refractivity contribution in [3.63, 3.8) is 0 Å². The van der Waals surface area contributed by atoms with Gasteiger partial charge >= 0.3 is 12.4 Å². The van der Waals surface area contributed by atoms with Gasteiger partial charge in [0.1, 0.15) is 5.82 Å². The van der Waals surface area contributed by atoms with E-state index in [4.69, 9.17) is 0 Å². The lowest BCUT2D eigenvalue weighted by Crippen LogP contribution is -2.17. The SMILES string of the molecule is CC(C)(C)c1nc2ccc(C(F)(F)F)c(C(F)(F)F)c2[nH]1. The zero-order chi connectivity index (χ0) is 16.2. The van der Waals surface area contributed by atoms with Crippen LogP contribution in [0.15, 0.2) is 12.1 Å². The Bertz CT molecular complexity index is 673. The van der Waals surface area contributed by atoms with Crippen LogP contribution in [0.2, 0.25) is 0 Å². The van der Waals surface area contributed by atoms with Gasteiger partial charge in [0.25, 0.3) is 0 Å². The van der Waals surface area contributed by atoms with Gasteiger partial charge in [-0.05, 0) is 12.1 Å². The van der Waals surface area contributed by atoms with Crippen molar-refractivity contribution in [2.45, 2.75) is 38.5 Å². The van der Waals surface area contributed by atoms with E-state index < -0.39 is 34.4 Å². The molecule has 1 N–H and O–H groups in total. The summed E-state index contributed by atoms with van der Waals surface area (Å²) < 4.78 is 77.6. The zero-order valence-corrected chi connectivity index (χ0v) is 11.4. The van der Waals surface area contributed by atoms with Crippen molar-refractivity contribution in [2.24, 2.45) is 0 Å². The number of alkyl halides is 6. The summed E-state index contributed by atoms with van der Waals surface area (Å²) in [6.45, 7) is 5.09. The Labute approximate surface area is 116 Å². The van der Waals surface area contributed by atoms with Gasteiger partial charge in [0.2, 0.25) is 0 Å². The summed E-state index contributed by atoms with van der Waals surface area (Å²) in [6, 6.07) is 1.36. The number of fused-ring (bicyclic) bond motifs is 1. The monoisotopic (exact) mass is 310 g/mol. The first-order chi connectivity index (χ1) is 9.32. The van der Waals surface area contributed by atoms with E-state index >= 15 is 0 Å². The molecule has 0 spiro atoms. The molecule has 21 heavy (non-hydrogen) atoms. The highest BCUT2D eigenvalue weighted by molar-refractivity contribution is 5.81. The molecule has 0 saturated heterocycles. The Kier molecular flexibility index (Phi) is 3.27. The first-order valence-corrected chi connectivity index (χ1v) is 5.99. The number of nitrogens with one attached hydrogen (secondary N) is 1. The minimum absolute atomic E-state index is 0.139. The topological polar surface area (TPSA) is 28.7 Å². The molecule has 1 aromatic carbocycles. The van der Waals surface area contributed by atoms with Crippen LogP contribution in [0.1, 0.15) is 37.7 Å². The maximum absolute atomic E-state index is 13.1. The third-order valence-electron chi connectivity index (χ3n) is 2.96. The quantitative estimate of drug-likeness (QED) is 0.689. The van der Waals surface area contributed by atoms with E-state index in [2.05, 4.69) is 9.97 Å². The number of nitrogens with zero attached hydrogens (tertiary/aromatic N) is 1. The molecule has 0 bridgehead atoms. The highest BCUT2D eigenvalue weighted by Gasteiger charge is 2.45. The zero-order valence-electron chi connectivity index (χ0n) is 11.4. The Morgan fingerprint density at radius 3 is 1.90 bits per heavy atom. The molecule has 0 aliphatic heterocycles. The van der Waals surface area contributed by atoms with E-state index in [9.17, 15) is 26.3 Å². The Morgan fingerprint density at radius 2 is 1.48 bits per heavy atom. The summed E-state index contributed by atoms with van der Waals surface area (Å²) in [6.07, 6.45) is -10.2. The van der Waals surface area contributed by atoms with Crippen LogP contribution in [0.25, 0.3) is 11.0 Å². The maximum Gasteiger partial charge on any atom is 0.419 e. The third kappa shape index (κ3) is 2.84. The van der Waals surface area contributed by atoms with Gasteiger partial charge in [-0.1, -0.05) is 20.8 Å². The molecule has 8 heteroatoms. The van der Waals surface area contributed by atoms with Crippen molar-refractivity contribution >= 4 is 11.0 Å². The highest BCUT2D eigenvalue weighted by Crippen LogP contribution is 2.43. The van der Waals surface area contributed by atoms with Crippen LogP contribution < -0.4 is 0 Å². The number of aromatic amines is 1. The van der Waals surface area contributed by atoms with Crippen molar-refractivity contribution in [3.05, 3.63) is 29.1 Å². The highest BCUT2D eigenvalue weighted by atomic mass is 19.4. The average molecular weight is 310 g/mol. The van der Waals surface area contributed by atoms with E-state index in [1.54, 1.807) is 20.8 Å². The first kappa shape index (κ1) is 15.7. The van der Waals surface area contributed by atoms with Gasteiger partial charge in [0.15, 0.2) is 0 Å². The summed E-state index contributed by atoms with van der Waals surface area (Å²) in [7, 11) is 0. The lowest BCUT2D eigenvalue weighted by molar-refractivity contribution is -0.161. The Balaban J connectivity index is 2.86. The fourth-order valence-corrected chi connectivity index (χ4v) is 1.96. The van der Waals surface area contributed by atoms with Crippen molar-refractivity contribution in [3.8, 4) is 0 Å². The molecule has 0 amide bonds. The van der Waals surface area contributed by atoms with E-state index in [0.29, 0.717) is 6.07 Å². The van der Waals surface area contributed by atoms with Crippen LogP contribution in [0.4, 0.5) is 26.3 Å². The fourth-order valence-electron chi connectivity index (χ4n) is 1.96. The largest absolute Gasteiger partial charge is 0.419 e. The molecular formula is C13H12F6N2. The number of aromatic nitrogens is 2. The molecule has 0 fully saturated rings. The molecule has 1 aromatic heterocycles. The Morgan fingerprint density at radius 1 is 0.905 bits per heavy atom. The minimum atomic E-state index is -5.13. The van der Waals surface area contributed by atoms with Crippen LogP contribution in [0.5, 0.6) is 0 Å². The molecule has 0 aliphatic rings. The number of rotatable bonds is 0. The predicted molar refractivity (Wildman–Crippen MR) is 64.8 cm³/mol. The summed E-state index contributed by atoms with van der Waals surface area (Å²) in [5, 5.41) is 0. The van der Waals surface area contributed by atoms with E-state index in [-0.39, 0.29) is 11.3 Å². The first-order valence-electron chi connectivity index (χ1n) is 5.99. The van der Waals surface area contributed by atoms with Gasteiger partial charge < -0.3 is 4.98 Å². The molecule has 0 saturated carbocycles. The summed E-state index contributed by atoms with van der Waals surface area (Å²) >= 11 is 0. The van der Waals surface area contributed by atoms with Gasteiger partial charge in [-0.3, -0.25) is 0 Å². The van der Waals surface area contributed by atoms with Crippen molar-refractivity contribution in [2.75, 3.05) is 0 Å². The van der Waals surface area contributed by atoms with Crippen LogP contribution in [0.3, 0.4) is 0 Å². The van der Waals surface area contributed by atoms with Crippen LogP contribution >= 0.6 is 0 Å². The lowest BCUT2D eigenvalue weighted by atomic mass is 9.96. The molecular weight excluding hydrogens is 298 g/mol. The van der Waals surface area contributed by atoms with Crippen LogP contribution in [-0.4, -0.2) is 9.97 Å². The van der Waals surface area contributed by atoms with E-state index in [0.717, 1.165) is 6.07 Å². The van der Waals surface area contributed by atoms with Crippen LogP contribution in [-0.2, 0) is 17.8 Å². The number of imidazole rings is 1. The van der Waals surface area contributed by atoms with Gasteiger partial charge in [-0.15, -0.1) is 0 Å². The van der Waals surface area contributed by atoms with Crippen molar-refractivity contribution < 1.29 is 26.3 Å². The normalized spacial score (nSPS) is 14.0. The molecule has 2 rings (SSSR count). The molecule has 0 unspecified atom stereocenters. The average Bonchev–Trinajstić information content (AvgIpc) is 2.67. The number of benzene rings is 1. The van der Waals surface area contributed by atoms with E-state index in [1.165, 1.54) is 0 Å². The fraction of sp³-hybridized carbons (Fsp3) is 0.462. The van der Waals surface area contributed by atoms with Gasteiger partial charge in [0.05, 0.1) is 22.2 Å².